The molecule has 1 aliphatic heterocycles. The third-order valence-electron chi connectivity index (χ3n) is 3.79. The molecule has 0 aliphatic carbocycles. The van der Waals surface area contributed by atoms with Gasteiger partial charge in [-0.3, -0.25) is 4.79 Å². The molecule has 1 amide bonds. The second kappa shape index (κ2) is 7.21. The van der Waals surface area contributed by atoms with Gasteiger partial charge in [-0.2, -0.15) is 17.0 Å². The fourth-order valence-corrected chi connectivity index (χ4v) is 3.62. The standard InChI is InChI=1S/C15H23N3O3S/c1-16(2)22(20,21)18-10-6-9-17(11-12-18)15(19)13-14-7-4-3-5-8-14/h3-5,7-8H,6,9-13H2,1-2H3. The number of nitrogens with zero attached hydrogens (tertiary/aromatic N) is 3. The van der Waals surface area contributed by atoms with Gasteiger partial charge < -0.3 is 4.90 Å². The van der Waals surface area contributed by atoms with Crippen molar-refractivity contribution >= 4 is 16.1 Å². The van der Waals surface area contributed by atoms with Crippen molar-refractivity contribution in [2.24, 2.45) is 0 Å². The molecule has 6 nitrogen and oxygen atoms in total. The molecule has 0 N–H and O–H groups in total. The second-order valence-electron chi connectivity index (χ2n) is 5.59. The highest BCUT2D eigenvalue weighted by atomic mass is 32.2. The molecular weight excluding hydrogens is 302 g/mol. The zero-order valence-electron chi connectivity index (χ0n) is 13.1. The van der Waals surface area contributed by atoms with E-state index in [-0.39, 0.29) is 5.91 Å². The number of benzene rings is 1. The van der Waals surface area contributed by atoms with Crippen LogP contribution in [-0.4, -0.2) is 68.1 Å². The minimum absolute atomic E-state index is 0.0512. The van der Waals surface area contributed by atoms with E-state index in [1.807, 2.05) is 30.3 Å². The molecule has 1 saturated heterocycles. The van der Waals surface area contributed by atoms with Crippen LogP contribution in [0.1, 0.15) is 12.0 Å². The van der Waals surface area contributed by atoms with E-state index >= 15 is 0 Å². The van der Waals surface area contributed by atoms with E-state index < -0.39 is 10.2 Å². The SMILES string of the molecule is CN(C)S(=O)(=O)N1CCCN(C(=O)Cc2ccccc2)CC1. The largest absolute Gasteiger partial charge is 0.341 e. The summed E-state index contributed by atoms with van der Waals surface area (Å²) in [6.45, 7) is 1.85. The summed E-state index contributed by atoms with van der Waals surface area (Å²) in [4.78, 5) is 14.1. The molecular formula is C15H23N3O3S. The molecule has 7 heteroatoms. The van der Waals surface area contributed by atoms with Crippen molar-refractivity contribution in [2.45, 2.75) is 12.8 Å². The molecule has 0 aromatic heterocycles. The second-order valence-corrected chi connectivity index (χ2v) is 7.73. The highest BCUT2D eigenvalue weighted by Gasteiger charge is 2.28. The zero-order valence-corrected chi connectivity index (χ0v) is 13.9. The van der Waals surface area contributed by atoms with Crippen molar-refractivity contribution in [3.8, 4) is 0 Å². The molecule has 1 aromatic rings. The maximum absolute atomic E-state index is 12.4. The third-order valence-corrected chi connectivity index (χ3v) is 5.73. The van der Waals surface area contributed by atoms with Gasteiger partial charge in [-0.05, 0) is 12.0 Å². The van der Waals surface area contributed by atoms with E-state index in [4.69, 9.17) is 0 Å². The lowest BCUT2D eigenvalue weighted by molar-refractivity contribution is -0.130. The topological polar surface area (TPSA) is 60.9 Å². The lowest BCUT2D eigenvalue weighted by atomic mass is 10.1. The van der Waals surface area contributed by atoms with Crippen LogP contribution in [0.25, 0.3) is 0 Å². The Hall–Kier alpha value is -1.44. The quantitative estimate of drug-likeness (QED) is 0.813. The molecule has 0 bridgehead atoms. The van der Waals surface area contributed by atoms with Gasteiger partial charge in [-0.1, -0.05) is 30.3 Å². The molecule has 0 saturated carbocycles. The molecule has 22 heavy (non-hydrogen) atoms. The van der Waals surface area contributed by atoms with Crippen LogP contribution in [-0.2, 0) is 21.4 Å². The van der Waals surface area contributed by atoms with Gasteiger partial charge in [-0.25, -0.2) is 0 Å². The Morgan fingerprint density at radius 3 is 2.41 bits per heavy atom. The molecule has 1 fully saturated rings. The van der Waals surface area contributed by atoms with Crippen LogP contribution in [0.15, 0.2) is 30.3 Å². The molecule has 0 spiro atoms. The summed E-state index contributed by atoms with van der Waals surface area (Å²) in [7, 11) is -0.350. The predicted octanol–water partition coefficient (Wildman–Crippen LogP) is 0.570. The molecule has 1 heterocycles. The Morgan fingerprint density at radius 1 is 1.09 bits per heavy atom. The van der Waals surface area contributed by atoms with Gasteiger partial charge in [0.2, 0.25) is 5.91 Å². The van der Waals surface area contributed by atoms with E-state index in [0.29, 0.717) is 39.0 Å². The monoisotopic (exact) mass is 325 g/mol. The summed E-state index contributed by atoms with van der Waals surface area (Å²) in [6, 6.07) is 9.60. The van der Waals surface area contributed by atoms with Crippen LogP contribution in [0.5, 0.6) is 0 Å². The van der Waals surface area contributed by atoms with Crippen LogP contribution < -0.4 is 0 Å². The van der Waals surface area contributed by atoms with Crippen LogP contribution in [0.3, 0.4) is 0 Å². The van der Waals surface area contributed by atoms with E-state index in [0.717, 1.165) is 5.56 Å². The van der Waals surface area contributed by atoms with Gasteiger partial charge >= 0.3 is 0 Å². The van der Waals surface area contributed by atoms with Gasteiger partial charge in [0, 0.05) is 40.3 Å². The van der Waals surface area contributed by atoms with E-state index in [2.05, 4.69) is 0 Å². The molecule has 2 rings (SSSR count). The van der Waals surface area contributed by atoms with Crippen LogP contribution in [0.2, 0.25) is 0 Å². The third kappa shape index (κ3) is 4.06. The number of hydrogen-bond acceptors (Lipinski definition) is 3. The number of hydrogen-bond donors (Lipinski definition) is 0. The molecule has 0 radical (unpaired) electrons. The normalized spacial score (nSPS) is 17.5. The van der Waals surface area contributed by atoms with Gasteiger partial charge in [0.1, 0.15) is 0 Å². The molecule has 1 aliphatic rings. The number of amides is 1. The number of rotatable bonds is 4. The fraction of sp³-hybridized carbons (Fsp3) is 0.533. The Bertz CT molecular complexity index is 602. The van der Waals surface area contributed by atoms with Gasteiger partial charge in [0.25, 0.3) is 10.2 Å². The minimum Gasteiger partial charge on any atom is -0.341 e. The summed E-state index contributed by atoms with van der Waals surface area (Å²) in [6.07, 6.45) is 1.02. The summed E-state index contributed by atoms with van der Waals surface area (Å²) in [5, 5.41) is 0. The maximum Gasteiger partial charge on any atom is 0.281 e. The zero-order chi connectivity index (χ0) is 16.2. The van der Waals surface area contributed by atoms with E-state index in [1.54, 1.807) is 4.90 Å². The molecule has 0 atom stereocenters. The van der Waals surface area contributed by atoms with Gasteiger partial charge in [0.05, 0.1) is 6.42 Å². The smallest absolute Gasteiger partial charge is 0.281 e. The van der Waals surface area contributed by atoms with Gasteiger partial charge in [0.15, 0.2) is 0 Å². The fourth-order valence-electron chi connectivity index (χ4n) is 2.49. The molecule has 122 valence electrons. The Kier molecular flexibility index (Phi) is 5.55. The van der Waals surface area contributed by atoms with Crippen molar-refractivity contribution in [2.75, 3.05) is 40.3 Å². The summed E-state index contributed by atoms with van der Waals surface area (Å²) in [5.74, 6) is 0.0512. The lowest BCUT2D eigenvalue weighted by Crippen LogP contribution is -2.42. The summed E-state index contributed by atoms with van der Waals surface area (Å²) in [5.41, 5.74) is 0.981. The highest BCUT2D eigenvalue weighted by molar-refractivity contribution is 7.86. The first kappa shape index (κ1) is 16.9. The average molecular weight is 325 g/mol. The van der Waals surface area contributed by atoms with E-state index in [9.17, 15) is 13.2 Å². The maximum atomic E-state index is 12.4. The van der Waals surface area contributed by atoms with Crippen LogP contribution >= 0.6 is 0 Å². The predicted molar refractivity (Wildman–Crippen MR) is 85.5 cm³/mol. The van der Waals surface area contributed by atoms with Crippen molar-refractivity contribution in [1.82, 2.24) is 13.5 Å². The van der Waals surface area contributed by atoms with Crippen molar-refractivity contribution in [1.29, 1.82) is 0 Å². The first-order valence-electron chi connectivity index (χ1n) is 7.40. The van der Waals surface area contributed by atoms with Gasteiger partial charge in [-0.15, -0.1) is 0 Å². The Morgan fingerprint density at radius 2 is 1.77 bits per heavy atom. The molecule has 0 unspecified atom stereocenters. The molecule has 1 aromatic carbocycles. The van der Waals surface area contributed by atoms with Crippen LogP contribution in [0, 0.1) is 0 Å². The Labute approximate surface area is 132 Å². The number of carbonyl (C=O) groups is 1. The summed E-state index contributed by atoms with van der Waals surface area (Å²) >= 11 is 0. The van der Waals surface area contributed by atoms with Crippen molar-refractivity contribution in [3.63, 3.8) is 0 Å². The first-order valence-corrected chi connectivity index (χ1v) is 8.80. The lowest BCUT2D eigenvalue weighted by Gasteiger charge is -2.24. The highest BCUT2D eigenvalue weighted by Crippen LogP contribution is 2.11. The van der Waals surface area contributed by atoms with Crippen LogP contribution in [0.4, 0.5) is 0 Å². The van der Waals surface area contributed by atoms with Crippen molar-refractivity contribution < 1.29 is 13.2 Å². The Balaban J connectivity index is 1.97. The summed E-state index contributed by atoms with van der Waals surface area (Å²) < 4.78 is 27.0. The average Bonchev–Trinajstić information content (AvgIpc) is 2.74. The minimum atomic E-state index is -3.40. The first-order chi connectivity index (χ1) is 10.4. The van der Waals surface area contributed by atoms with E-state index in [1.165, 1.54) is 22.7 Å². The number of carbonyl (C=O) groups excluding carboxylic acids is 1. The van der Waals surface area contributed by atoms with Crippen molar-refractivity contribution in [3.05, 3.63) is 35.9 Å².